The van der Waals surface area contributed by atoms with Gasteiger partial charge in [0.05, 0.1) is 29.0 Å². The molecule has 0 aliphatic rings. The number of hydrogen-bond donors (Lipinski definition) is 4. The van der Waals surface area contributed by atoms with Crippen LogP contribution in [-0.2, 0) is 24.6 Å². The van der Waals surface area contributed by atoms with E-state index in [9.17, 15) is 51.3 Å². The molecule has 240 valence electrons. The number of nitrogens with zero attached hydrogens (tertiary/aromatic N) is 4. The van der Waals surface area contributed by atoms with E-state index < -0.39 is 36.0 Å². The first-order valence-corrected chi connectivity index (χ1v) is 15.9. The van der Waals surface area contributed by atoms with E-state index in [1.165, 1.54) is 29.2 Å². The predicted octanol–water partition coefficient (Wildman–Crippen LogP) is -13.2. The van der Waals surface area contributed by atoms with Crippen molar-refractivity contribution in [3.63, 3.8) is 0 Å². The van der Waals surface area contributed by atoms with Gasteiger partial charge >= 0.3 is 118 Å². The molecule has 0 aliphatic heterocycles. The van der Waals surface area contributed by atoms with Gasteiger partial charge in [-0.1, -0.05) is 6.07 Å². The number of carboxylic acid groups (broad SMARTS) is 1. The fraction of sp³-hybridized carbons (Fsp3) is 0.167. The van der Waals surface area contributed by atoms with Gasteiger partial charge in [-0.15, -0.1) is 0 Å². The van der Waals surface area contributed by atoms with Gasteiger partial charge in [0.1, 0.15) is 20.2 Å². The molecule has 0 aliphatic carbocycles. The average Bonchev–Trinajstić information content (AvgIpc) is 2.95. The molecule has 18 nitrogen and oxygen atoms in total. The Morgan fingerprint density at radius 3 is 1.92 bits per heavy atom. The fourth-order valence-electron chi connectivity index (χ4n) is 4.04. The number of benzene rings is 3. The van der Waals surface area contributed by atoms with Crippen molar-refractivity contribution in [2.45, 2.75) is 14.7 Å². The SMILES string of the molecule is O=C([O-])c1cc(Nc2nc(Nc3ccc4c(S(=O)(=O)[O-])cc(S(=O)(=O)[O-])cc4c3)nc(N(CCO)CCO)n2)cc(SO[O-])c1.[Na+].[Na+].[Na+].[Na+]. The Labute approximate surface area is 372 Å². The summed E-state index contributed by atoms with van der Waals surface area (Å²) in [5.41, 5.74) is -0.107. The molecule has 4 rings (SSSR count). The molecule has 4 aromatic rings. The third-order valence-electron chi connectivity index (χ3n) is 5.88. The summed E-state index contributed by atoms with van der Waals surface area (Å²) in [6.07, 6.45) is 0. The van der Waals surface area contributed by atoms with Gasteiger partial charge in [-0.25, -0.2) is 16.8 Å². The molecule has 0 spiro atoms. The Morgan fingerprint density at radius 1 is 0.816 bits per heavy atom. The Hall–Kier alpha value is -0.190. The Balaban J connectivity index is 0.00000576. The van der Waals surface area contributed by atoms with Gasteiger partial charge in [0.2, 0.25) is 17.8 Å². The first-order valence-electron chi connectivity index (χ1n) is 12.3. The van der Waals surface area contributed by atoms with Crippen LogP contribution in [0.4, 0.5) is 29.2 Å². The largest absolute Gasteiger partial charge is 1.00 e. The van der Waals surface area contributed by atoms with E-state index in [2.05, 4.69) is 29.9 Å². The number of hydrogen-bond acceptors (Lipinski definition) is 19. The van der Waals surface area contributed by atoms with Crippen LogP contribution in [0.25, 0.3) is 10.8 Å². The molecular formula is C24H20N6Na4O12S3. The number of aromatic carboxylic acids is 1. The molecule has 0 amide bonds. The molecule has 0 saturated carbocycles. The second-order valence-corrected chi connectivity index (χ2v) is 12.4. The van der Waals surface area contributed by atoms with Gasteiger partial charge in [0.15, 0.2) is 0 Å². The molecule has 0 atom stereocenters. The van der Waals surface area contributed by atoms with E-state index in [4.69, 9.17) is 0 Å². The third-order valence-corrected chi connectivity index (χ3v) is 8.06. The molecule has 25 heteroatoms. The van der Waals surface area contributed by atoms with E-state index in [-0.39, 0.29) is 195 Å². The summed E-state index contributed by atoms with van der Waals surface area (Å²) < 4.78 is 74.1. The normalized spacial score (nSPS) is 10.9. The standard InChI is InChI=1S/C24H24N6O12S3.4Na/c31-5-3-30(4-6-32)24-28-22(27-23(29-24)26-16-8-14(21(33)34)9-17(11-16)43-42-35)25-15-1-2-19-13(7-15)10-18(44(36,37)38)12-20(19)45(39,40)41;;;;/h1-2,7-12,31-32,35H,3-6H2,(H,33,34)(H,36,37,38)(H,39,40,41)(H2,25,26,27,28,29);;;;/q;4*+1/p-4. The van der Waals surface area contributed by atoms with Crippen LogP contribution < -0.4 is 144 Å². The minimum absolute atomic E-state index is 0. The number of fused-ring (bicyclic) bond motifs is 1. The molecule has 1 aromatic heterocycles. The van der Waals surface area contributed by atoms with Crippen molar-refractivity contribution in [2.24, 2.45) is 0 Å². The minimum Gasteiger partial charge on any atom is -0.744 e. The zero-order valence-electron chi connectivity index (χ0n) is 26.4. The van der Waals surface area contributed by atoms with Crippen LogP contribution in [0, 0.1) is 0 Å². The number of aliphatic hydroxyl groups is 2. The van der Waals surface area contributed by atoms with Crippen molar-refractivity contribution >= 4 is 78.2 Å². The van der Waals surface area contributed by atoms with E-state index >= 15 is 0 Å². The molecule has 4 N–H and O–H groups in total. The van der Waals surface area contributed by atoms with Gasteiger partial charge in [-0.2, -0.15) is 15.0 Å². The molecular weight excluding hydrogens is 752 g/mol. The number of carbonyl (C=O) groups excluding carboxylic acids is 1. The first kappa shape index (κ1) is 48.8. The summed E-state index contributed by atoms with van der Waals surface area (Å²) in [6.45, 7) is -0.775. The molecule has 0 radical (unpaired) electrons. The molecule has 0 fully saturated rings. The zero-order chi connectivity index (χ0) is 32.9. The number of carbonyl (C=O) groups is 1. The van der Waals surface area contributed by atoms with Crippen LogP contribution in [0.3, 0.4) is 0 Å². The van der Waals surface area contributed by atoms with Crippen LogP contribution in [0.1, 0.15) is 10.4 Å². The van der Waals surface area contributed by atoms with E-state index in [1.54, 1.807) is 0 Å². The monoisotopic (exact) mass is 772 g/mol. The minimum atomic E-state index is -5.19. The van der Waals surface area contributed by atoms with Crippen molar-refractivity contribution in [1.82, 2.24) is 15.0 Å². The second-order valence-electron chi connectivity index (χ2n) is 8.92. The maximum absolute atomic E-state index is 11.8. The number of carboxylic acids is 1. The molecule has 0 unspecified atom stereocenters. The van der Waals surface area contributed by atoms with Gasteiger partial charge in [-0.05, 0) is 53.2 Å². The van der Waals surface area contributed by atoms with Crippen LogP contribution >= 0.6 is 12.0 Å². The summed E-state index contributed by atoms with van der Waals surface area (Å²) >= 11 is 0.333. The molecule has 0 bridgehead atoms. The summed E-state index contributed by atoms with van der Waals surface area (Å²) in [6, 6.07) is 8.74. The Bertz CT molecular complexity index is 1980. The topological polar surface area (TPSA) is 293 Å². The van der Waals surface area contributed by atoms with Crippen LogP contribution in [0.5, 0.6) is 0 Å². The summed E-state index contributed by atoms with van der Waals surface area (Å²) in [4.78, 5) is 23.8. The number of aromatic nitrogens is 3. The van der Waals surface area contributed by atoms with Crippen LogP contribution in [-0.4, -0.2) is 83.4 Å². The van der Waals surface area contributed by atoms with E-state index in [0.29, 0.717) is 18.1 Å². The van der Waals surface area contributed by atoms with Crippen molar-refractivity contribution in [3.8, 4) is 0 Å². The third kappa shape index (κ3) is 13.6. The predicted molar refractivity (Wildman–Crippen MR) is 150 cm³/mol. The Morgan fingerprint density at radius 2 is 1.41 bits per heavy atom. The number of rotatable bonds is 14. The van der Waals surface area contributed by atoms with Crippen molar-refractivity contribution in [2.75, 3.05) is 41.8 Å². The molecule has 1 heterocycles. The Kier molecular flexibility index (Phi) is 21.4. The summed E-state index contributed by atoms with van der Waals surface area (Å²) in [7, 11) is -10.3. The molecule has 0 saturated heterocycles. The van der Waals surface area contributed by atoms with Crippen LogP contribution in [0.15, 0.2) is 63.2 Å². The summed E-state index contributed by atoms with van der Waals surface area (Å²) in [5, 5.41) is 46.4. The summed E-state index contributed by atoms with van der Waals surface area (Å²) in [5.74, 6) is -2.02. The smallest absolute Gasteiger partial charge is 0.744 e. The number of aliphatic hydroxyl groups excluding tert-OH is 2. The van der Waals surface area contributed by atoms with Crippen molar-refractivity contribution < 1.29 is 174 Å². The van der Waals surface area contributed by atoms with Crippen molar-refractivity contribution in [1.29, 1.82) is 0 Å². The second kappa shape index (κ2) is 21.5. The van der Waals surface area contributed by atoms with Gasteiger partial charge in [0, 0.05) is 47.0 Å². The van der Waals surface area contributed by atoms with Crippen molar-refractivity contribution in [3.05, 3.63) is 54.1 Å². The van der Waals surface area contributed by atoms with Crippen LogP contribution in [0.2, 0.25) is 0 Å². The molecule has 49 heavy (non-hydrogen) atoms. The average molecular weight is 773 g/mol. The molecule has 3 aromatic carbocycles. The van der Waals surface area contributed by atoms with Gasteiger partial charge < -0.3 is 54.3 Å². The van der Waals surface area contributed by atoms with Gasteiger partial charge in [-0.3, -0.25) is 0 Å². The van der Waals surface area contributed by atoms with E-state index in [1.807, 2.05) is 0 Å². The first-order chi connectivity index (χ1) is 21.2. The zero-order valence-corrected chi connectivity index (χ0v) is 36.9. The fourth-order valence-corrected chi connectivity index (χ4v) is 5.81. The maximum Gasteiger partial charge on any atom is 1.00 e. The van der Waals surface area contributed by atoms with E-state index in [0.717, 1.165) is 18.2 Å². The quantitative estimate of drug-likeness (QED) is 0.0304. The number of nitrogens with one attached hydrogen (secondary N) is 2. The maximum atomic E-state index is 11.8. The van der Waals surface area contributed by atoms with Gasteiger partial charge in [0.25, 0.3) is 0 Å². The number of anilines is 5.